The molecule has 0 bridgehead atoms. The van der Waals surface area contributed by atoms with Crippen LogP contribution in [-0.2, 0) is 48.4 Å². The molecular weight excluding hydrogens is 844 g/mol. The maximum atomic E-state index is 14.0. The number of thioether (sulfide) groups is 1. The number of halogens is 1. The molecule has 1 saturated heterocycles. The van der Waals surface area contributed by atoms with Crippen LogP contribution in [-0.4, -0.2) is 96.4 Å². The number of β-lactam (4-membered cyclic amide) rings is 1. The number of ether oxygens (including phenoxy) is 3. The average Bonchev–Trinajstić information content (AvgIpc) is 3.81. The number of benzene rings is 1. The van der Waals surface area contributed by atoms with Gasteiger partial charge in [0.15, 0.2) is 0 Å². The summed E-state index contributed by atoms with van der Waals surface area (Å²) >= 11 is 2.20. The first-order valence-corrected chi connectivity index (χ1v) is 19.6. The fourth-order valence-corrected chi connectivity index (χ4v) is 7.76. The van der Waals surface area contributed by atoms with Crippen LogP contribution in [0.4, 0.5) is 9.93 Å². The Hall–Kier alpha value is -5.12. The highest BCUT2D eigenvalue weighted by molar-refractivity contribution is 8.00. The first kappa shape index (κ1) is 43.0. The van der Waals surface area contributed by atoms with E-state index in [9.17, 15) is 19.2 Å². The fraction of sp³-hybridized carbons (Fsp3) is 0.417. The Morgan fingerprint density at radius 3 is 2.63 bits per heavy atom. The van der Waals surface area contributed by atoms with Crippen molar-refractivity contribution in [3.63, 3.8) is 0 Å². The summed E-state index contributed by atoms with van der Waals surface area (Å²) in [6, 6.07) is 9.94. The van der Waals surface area contributed by atoms with Gasteiger partial charge < -0.3 is 51.6 Å². The van der Waals surface area contributed by atoms with E-state index in [0.717, 1.165) is 29.0 Å². The molecule has 3 amide bonds. The van der Waals surface area contributed by atoms with Crippen LogP contribution in [0.3, 0.4) is 0 Å². The molecule has 4 aromatic rings. The fourth-order valence-electron chi connectivity index (χ4n) is 5.87. The van der Waals surface area contributed by atoms with E-state index in [1.54, 1.807) is 65.4 Å². The van der Waals surface area contributed by atoms with E-state index >= 15 is 0 Å². The van der Waals surface area contributed by atoms with Crippen LogP contribution in [0.15, 0.2) is 65.3 Å². The van der Waals surface area contributed by atoms with Gasteiger partial charge in [0.25, 0.3) is 11.8 Å². The van der Waals surface area contributed by atoms with E-state index in [4.69, 9.17) is 24.8 Å². The van der Waals surface area contributed by atoms with Gasteiger partial charge in [-0.15, -0.1) is 11.8 Å². The molecular formula is C36H43BrN10O8S2. The molecule has 21 heteroatoms. The molecule has 1 aromatic carbocycles. The molecule has 1 fully saturated rings. The summed E-state index contributed by atoms with van der Waals surface area (Å²) in [4.78, 5) is 69.3. The summed E-state index contributed by atoms with van der Waals surface area (Å²) in [5.74, 6) is -1.12. The van der Waals surface area contributed by atoms with E-state index in [-0.39, 0.29) is 59.1 Å². The summed E-state index contributed by atoms with van der Waals surface area (Å²) in [5.41, 5.74) is 7.78. The van der Waals surface area contributed by atoms with Crippen molar-refractivity contribution < 1.29 is 59.8 Å². The number of hydrogen-bond acceptors (Lipinski definition) is 15. The minimum Gasteiger partial charge on any atom is -1.00 e. The molecule has 2 atom stereocenters. The van der Waals surface area contributed by atoms with Crippen LogP contribution in [0.1, 0.15) is 45.5 Å². The molecule has 2 unspecified atom stereocenters. The molecule has 2 aliphatic rings. The highest BCUT2D eigenvalue weighted by atomic mass is 79.9. The topological polar surface area (TPSA) is 218 Å². The molecule has 2 aliphatic heterocycles. The smallest absolute Gasteiger partial charge is 0.414 e. The number of nitrogens with two attached hydrogens (primary N) is 1. The number of nitrogens with zero attached hydrogens (tertiary/aromatic N) is 7. The van der Waals surface area contributed by atoms with Gasteiger partial charge in [0.05, 0.1) is 13.3 Å². The Morgan fingerprint density at radius 1 is 1.16 bits per heavy atom. The van der Waals surface area contributed by atoms with Gasteiger partial charge in [0.1, 0.15) is 53.7 Å². The number of carbonyl (C=O) groups excluding carboxylic acids is 4. The summed E-state index contributed by atoms with van der Waals surface area (Å²) in [6.45, 7) is 8.42. The number of aromatic nitrogens is 5. The van der Waals surface area contributed by atoms with Gasteiger partial charge in [-0.25, -0.2) is 14.2 Å². The number of hydrogen-bond donors (Lipinski definition) is 3. The van der Waals surface area contributed by atoms with Crippen LogP contribution in [0, 0.1) is 0 Å². The average molecular weight is 888 g/mol. The minimum absolute atomic E-state index is 0. The number of imidazole rings is 1. The quantitative estimate of drug-likeness (QED) is 0.0461. The predicted octanol–water partition coefficient (Wildman–Crippen LogP) is -0.278. The maximum Gasteiger partial charge on any atom is 0.414 e. The summed E-state index contributed by atoms with van der Waals surface area (Å²) in [5, 5.41) is 8.55. The zero-order valence-corrected chi connectivity index (χ0v) is 35.1. The van der Waals surface area contributed by atoms with Gasteiger partial charge in [-0.3, -0.25) is 19.8 Å². The molecule has 18 nitrogen and oxygen atoms in total. The maximum absolute atomic E-state index is 14.0. The summed E-state index contributed by atoms with van der Waals surface area (Å²) in [6.07, 6.45) is 3.66. The lowest BCUT2D eigenvalue weighted by Gasteiger charge is -2.49. The zero-order chi connectivity index (χ0) is 40.0. The zero-order valence-electron chi connectivity index (χ0n) is 31.9. The molecule has 0 radical (unpaired) electrons. The van der Waals surface area contributed by atoms with Gasteiger partial charge in [0.2, 0.25) is 23.0 Å². The van der Waals surface area contributed by atoms with Gasteiger partial charge in [-0.2, -0.15) is 9.36 Å². The van der Waals surface area contributed by atoms with Crippen LogP contribution < -0.4 is 42.7 Å². The second kappa shape index (κ2) is 18.9. The molecule has 304 valence electrons. The Kier molecular flexibility index (Phi) is 14.2. The van der Waals surface area contributed by atoms with Crippen molar-refractivity contribution in [2.45, 2.75) is 70.8 Å². The van der Waals surface area contributed by atoms with Crippen molar-refractivity contribution in [2.24, 2.45) is 10.9 Å². The van der Waals surface area contributed by atoms with Gasteiger partial charge in [-0.05, 0) is 75.5 Å². The molecule has 3 aromatic heterocycles. The molecule has 4 N–H and O–H groups in total. The van der Waals surface area contributed by atoms with Gasteiger partial charge in [0, 0.05) is 29.4 Å². The number of methoxy groups -OCH3 is 1. The lowest BCUT2D eigenvalue weighted by atomic mass is 10.0. The Balaban J connectivity index is 0.00000620. The molecule has 5 heterocycles. The van der Waals surface area contributed by atoms with E-state index in [2.05, 4.69) is 30.1 Å². The molecule has 0 saturated carbocycles. The van der Waals surface area contributed by atoms with Crippen molar-refractivity contribution in [1.29, 1.82) is 0 Å². The highest BCUT2D eigenvalue weighted by Crippen LogP contribution is 2.41. The highest BCUT2D eigenvalue weighted by Gasteiger charge is 2.55. The standard InChI is InChI=1S/C36H42N10O8S2.BrH/c1-6-53-42-25(28-40-34(56-43-28)41-35(50)54-36(2,3)4)30(47)39-26-31(48)46-27(33(49)52-18-21-10-12-23(51-5)13-11-21)22(19-55-32(26)46)17-44-15-7-9-24-29(44)38-20-45(24)16-8-14-37;/h7,9-13,15,20,26,32H,6,8,14,16-19,37H2,1-5H3,(H-,39,40,41,43,47,50);1H. The van der Waals surface area contributed by atoms with Crippen LogP contribution >= 0.6 is 23.3 Å². The number of pyridine rings is 1. The van der Waals surface area contributed by atoms with E-state index in [1.165, 1.54) is 16.7 Å². The predicted molar refractivity (Wildman–Crippen MR) is 206 cm³/mol. The van der Waals surface area contributed by atoms with Crippen molar-refractivity contribution in [3.05, 3.63) is 71.6 Å². The number of amides is 3. The molecule has 0 aliphatic carbocycles. The number of nitrogens with one attached hydrogen (secondary N) is 2. The Labute approximate surface area is 347 Å². The Bertz CT molecular complexity index is 2170. The summed E-state index contributed by atoms with van der Waals surface area (Å²) < 4.78 is 24.4. The monoisotopic (exact) mass is 886 g/mol. The van der Waals surface area contributed by atoms with Crippen molar-refractivity contribution in [3.8, 4) is 5.75 Å². The number of fused-ring (bicyclic) bond motifs is 2. The van der Waals surface area contributed by atoms with Crippen molar-refractivity contribution in [1.82, 2.24) is 29.1 Å². The van der Waals surface area contributed by atoms with Crippen LogP contribution in [0.5, 0.6) is 5.75 Å². The summed E-state index contributed by atoms with van der Waals surface area (Å²) in [7, 11) is 1.56. The minimum atomic E-state index is -1.03. The largest absolute Gasteiger partial charge is 1.00 e. The molecule has 57 heavy (non-hydrogen) atoms. The number of aryl methyl sites for hydroxylation is 1. The lowest BCUT2D eigenvalue weighted by Crippen LogP contribution is -3.00. The van der Waals surface area contributed by atoms with E-state index in [1.807, 2.05) is 27.5 Å². The number of carbonyl (C=O) groups is 4. The number of anilines is 1. The second-order valence-corrected chi connectivity index (χ2v) is 15.4. The third kappa shape index (κ3) is 10.1. The third-order valence-electron chi connectivity index (χ3n) is 8.42. The molecule has 6 rings (SSSR count). The van der Waals surface area contributed by atoms with Gasteiger partial charge in [-0.1, -0.05) is 17.3 Å². The first-order chi connectivity index (χ1) is 26.9. The number of esters is 1. The lowest BCUT2D eigenvalue weighted by molar-refractivity contribution is -0.664. The normalized spacial score (nSPS) is 16.6. The van der Waals surface area contributed by atoms with Gasteiger partial charge >= 0.3 is 17.7 Å². The first-order valence-electron chi connectivity index (χ1n) is 17.8. The van der Waals surface area contributed by atoms with Crippen molar-refractivity contribution >= 4 is 69.2 Å². The SMILES string of the molecule is CCON=C(C(=O)NC1C(=O)N2C(C(=O)OCc3ccc(OC)cc3)=C(C[n+]3cccc4c3ncn4CCCN)CSC12)c1nsc(NC(=O)OC(C)(C)C)n1.[Br-]. The van der Waals surface area contributed by atoms with E-state index in [0.29, 0.717) is 35.8 Å². The van der Waals surface area contributed by atoms with E-state index < -0.39 is 40.9 Å². The number of rotatable bonds is 15. The third-order valence-corrected chi connectivity index (χ3v) is 10.4. The number of oxime groups is 1. The van der Waals surface area contributed by atoms with Crippen LogP contribution in [0.2, 0.25) is 0 Å². The second-order valence-electron chi connectivity index (χ2n) is 13.6. The Morgan fingerprint density at radius 2 is 1.93 bits per heavy atom. The van der Waals surface area contributed by atoms with Crippen LogP contribution in [0.25, 0.3) is 11.2 Å². The molecule has 0 spiro atoms. The van der Waals surface area contributed by atoms with Crippen molar-refractivity contribution in [2.75, 3.05) is 31.3 Å².